The summed E-state index contributed by atoms with van der Waals surface area (Å²) in [7, 11) is 4.18. The van der Waals surface area contributed by atoms with Gasteiger partial charge in [-0.05, 0) is 51.1 Å². The standard InChI is InChI=1S/C15H22ClN3O.2ClH/c1-18(2)10-11-5-7-19(8-6-11)15(20)13-4-3-12(17)9-14(13)16;;/h3-4,9,11H,5-8,10,17H2,1-2H3;2*1H. The molecule has 1 heterocycles. The maximum atomic E-state index is 12.5. The lowest BCUT2D eigenvalue weighted by atomic mass is 9.96. The Morgan fingerprint density at radius 1 is 1.32 bits per heavy atom. The van der Waals surface area contributed by atoms with Crippen LogP contribution in [0.4, 0.5) is 5.69 Å². The molecule has 0 radical (unpaired) electrons. The Hall–Kier alpha value is -0.680. The van der Waals surface area contributed by atoms with Gasteiger partial charge in [-0.1, -0.05) is 11.6 Å². The summed E-state index contributed by atoms with van der Waals surface area (Å²) in [5.41, 5.74) is 6.78. The van der Waals surface area contributed by atoms with Gasteiger partial charge in [0.25, 0.3) is 5.91 Å². The van der Waals surface area contributed by atoms with Gasteiger partial charge >= 0.3 is 0 Å². The maximum Gasteiger partial charge on any atom is 0.255 e. The van der Waals surface area contributed by atoms with Crippen LogP contribution in [0.5, 0.6) is 0 Å². The van der Waals surface area contributed by atoms with E-state index >= 15 is 0 Å². The Labute approximate surface area is 149 Å². The number of halogens is 3. The first kappa shape index (κ1) is 21.3. The van der Waals surface area contributed by atoms with Crippen LogP contribution in [0.1, 0.15) is 23.2 Å². The van der Waals surface area contributed by atoms with Crippen LogP contribution in [-0.4, -0.2) is 49.4 Å². The summed E-state index contributed by atoms with van der Waals surface area (Å²) >= 11 is 6.11. The summed E-state index contributed by atoms with van der Waals surface area (Å²) in [6.45, 7) is 2.70. The van der Waals surface area contributed by atoms with Crippen molar-refractivity contribution in [1.82, 2.24) is 9.80 Å². The molecule has 0 unspecified atom stereocenters. The minimum atomic E-state index is 0. The minimum absolute atomic E-state index is 0. The summed E-state index contributed by atoms with van der Waals surface area (Å²) in [4.78, 5) is 16.6. The lowest BCUT2D eigenvalue weighted by Gasteiger charge is -2.33. The largest absolute Gasteiger partial charge is 0.399 e. The highest BCUT2D eigenvalue weighted by Crippen LogP contribution is 2.24. The van der Waals surface area contributed by atoms with E-state index in [-0.39, 0.29) is 30.7 Å². The van der Waals surface area contributed by atoms with Crippen LogP contribution in [0.15, 0.2) is 18.2 Å². The molecular formula is C15H24Cl3N3O. The predicted molar refractivity (Wildman–Crippen MR) is 97.5 cm³/mol. The third-order valence-corrected chi connectivity index (χ3v) is 4.06. The van der Waals surface area contributed by atoms with Crippen LogP contribution in [0.2, 0.25) is 5.02 Å². The van der Waals surface area contributed by atoms with Crippen molar-refractivity contribution in [3.05, 3.63) is 28.8 Å². The summed E-state index contributed by atoms with van der Waals surface area (Å²) in [6, 6.07) is 5.07. The molecule has 126 valence electrons. The van der Waals surface area contributed by atoms with Crippen molar-refractivity contribution in [2.24, 2.45) is 5.92 Å². The molecular weight excluding hydrogens is 345 g/mol. The number of carbonyl (C=O) groups excluding carboxylic acids is 1. The van der Waals surface area contributed by atoms with Gasteiger partial charge in [0.2, 0.25) is 0 Å². The zero-order valence-electron chi connectivity index (χ0n) is 12.9. The molecule has 1 aromatic carbocycles. The Balaban J connectivity index is 0.00000220. The quantitative estimate of drug-likeness (QED) is 0.834. The van der Waals surface area contributed by atoms with E-state index in [1.807, 2.05) is 4.90 Å². The van der Waals surface area contributed by atoms with Crippen LogP contribution in [-0.2, 0) is 0 Å². The average Bonchev–Trinajstić information content (AvgIpc) is 2.38. The van der Waals surface area contributed by atoms with Crippen LogP contribution < -0.4 is 5.73 Å². The number of anilines is 1. The van der Waals surface area contributed by atoms with Crippen LogP contribution >= 0.6 is 36.4 Å². The predicted octanol–water partition coefficient (Wildman–Crippen LogP) is 3.18. The number of nitrogens with zero attached hydrogens (tertiary/aromatic N) is 2. The van der Waals surface area contributed by atoms with Gasteiger partial charge in [0.1, 0.15) is 0 Å². The van der Waals surface area contributed by atoms with E-state index in [1.165, 1.54) is 0 Å². The van der Waals surface area contributed by atoms with Crippen molar-refractivity contribution < 1.29 is 4.79 Å². The fourth-order valence-electron chi connectivity index (χ4n) is 2.71. The highest BCUT2D eigenvalue weighted by Gasteiger charge is 2.25. The molecule has 2 rings (SSSR count). The molecule has 0 saturated carbocycles. The Morgan fingerprint density at radius 2 is 1.91 bits per heavy atom. The molecule has 4 nitrogen and oxygen atoms in total. The fraction of sp³-hybridized carbons (Fsp3) is 0.533. The number of nitrogens with two attached hydrogens (primary N) is 1. The highest BCUT2D eigenvalue weighted by molar-refractivity contribution is 6.34. The van der Waals surface area contributed by atoms with Gasteiger partial charge in [-0.15, -0.1) is 24.8 Å². The number of amides is 1. The number of nitrogen functional groups attached to an aromatic ring is 1. The fourth-order valence-corrected chi connectivity index (χ4v) is 2.98. The molecule has 0 aromatic heterocycles. The molecule has 0 aliphatic carbocycles. The van der Waals surface area contributed by atoms with Crippen molar-refractivity contribution in [3.63, 3.8) is 0 Å². The molecule has 22 heavy (non-hydrogen) atoms. The first-order valence-corrected chi connectivity index (χ1v) is 7.34. The van der Waals surface area contributed by atoms with Gasteiger partial charge in [0.05, 0.1) is 10.6 Å². The normalized spacial score (nSPS) is 15.2. The molecule has 7 heteroatoms. The second-order valence-electron chi connectivity index (χ2n) is 5.74. The Kier molecular flexibility index (Phi) is 9.16. The first-order chi connectivity index (χ1) is 9.47. The first-order valence-electron chi connectivity index (χ1n) is 6.96. The van der Waals surface area contributed by atoms with Gasteiger partial charge in [0.15, 0.2) is 0 Å². The van der Waals surface area contributed by atoms with Crippen LogP contribution in [0.3, 0.4) is 0 Å². The monoisotopic (exact) mass is 367 g/mol. The number of hydrogen-bond donors (Lipinski definition) is 1. The summed E-state index contributed by atoms with van der Waals surface area (Å²) in [6.07, 6.45) is 2.10. The van der Waals surface area contributed by atoms with E-state index in [9.17, 15) is 4.79 Å². The van der Waals surface area contributed by atoms with Gasteiger partial charge in [-0.25, -0.2) is 0 Å². The van der Waals surface area contributed by atoms with Crippen molar-refractivity contribution in [1.29, 1.82) is 0 Å². The second kappa shape index (κ2) is 9.46. The number of hydrogen-bond acceptors (Lipinski definition) is 3. The van der Waals surface area contributed by atoms with Gasteiger partial charge < -0.3 is 15.5 Å². The lowest BCUT2D eigenvalue weighted by Crippen LogP contribution is -2.40. The third kappa shape index (κ3) is 5.51. The summed E-state index contributed by atoms with van der Waals surface area (Å²) in [5, 5.41) is 0.436. The molecule has 0 atom stereocenters. The molecule has 1 aromatic rings. The smallest absolute Gasteiger partial charge is 0.255 e. The molecule has 0 spiro atoms. The van der Waals surface area contributed by atoms with Crippen molar-refractivity contribution in [2.45, 2.75) is 12.8 Å². The zero-order valence-corrected chi connectivity index (χ0v) is 15.3. The number of piperidine rings is 1. The number of rotatable bonds is 3. The van der Waals surface area contributed by atoms with Gasteiger partial charge in [-0.3, -0.25) is 4.79 Å². The van der Waals surface area contributed by atoms with E-state index < -0.39 is 0 Å². The molecule has 1 aliphatic heterocycles. The average molecular weight is 369 g/mol. The molecule has 1 saturated heterocycles. The molecule has 0 bridgehead atoms. The Bertz CT molecular complexity index is 489. The van der Waals surface area contributed by atoms with Crippen molar-refractivity contribution >= 4 is 48.0 Å². The molecule has 1 aliphatic rings. The molecule has 1 fully saturated rings. The lowest BCUT2D eigenvalue weighted by molar-refractivity contribution is 0.0678. The second-order valence-corrected chi connectivity index (χ2v) is 6.14. The van der Waals surface area contributed by atoms with Gasteiger partial charge in [-0.2, -0.15) is 0 Å². The zero-order chi connectivity index (χ0) is 14.7. The molecule has 1 amide bonds. The molecule has 2 N–H and O–H groups in total. The number of carbonyl (C=O) groups is 1. The van der Waals surface area contributed by atoms with Gasteiger partial charge in [0, 0.05) is 25.3 Å². The Morgan fingerprint density at radius 3 is 2.41 bits per heavy atom. The summed E-state index contributed by atoms with van der Waals surface area (Å²) in [5.74, 6) is 0.689. The highest BCUT2D eigenvalue weighted by atomic mass is 35.5. The van der Waals surface area contributed by atoms with Crippen molar-refractivity contribution in [3.8, 4) is 0 Å². The van der Waals surface area contributed by atoms with E-state index in [0.717, 1.165) is 32.5 Å². The van der Waals surface area contributed by atoms with Crippen LogP contribution in [0.25, 0.3) is 0 Å². The number of likely N-dealkylation sites (tertiary alicyclic amines) is 1. The summed E-state index contributed by atoms with van der Waals surface area (Å²) < 4.78 is 0. The van der Waals surface area contributed by atoms with E-state index in [0.29, 0.717) is 22.2 Å². The van der Waals surface area contributed by atoms with Crippen LogP contribution in [0, 0.1) is 5.92 Å². The van der Waals surface area contributed by atoms with Crippen molar-refractivity contribution in [2.75, 3.05) is 39.5 Å². The minimum Gasteiger partial charge on any atom is -0.399 e. The third-order valence-electron chi connectivity index (χ3n) is 3.75. The van der Waals surface area contributed by atoms with E-state index in [4.69, 9.17) is 17.3 Å². The number of benzene rings is 1. The SMILES string of the molecule is CN(C)CC1CCN(C(=O)c2ccc(N)cc2Cl)CC1.Cl.Cl. The maximum absolute atomic E-state index is 12.5. The topological polar surface area (TPSA) is 49.6 Å². The van der Waals surface area contributed by atoms with E-state index in [2.05, 4.69) is 19.0 Å². The van der Waals surface area contributed by atoms with E-state index in [1.54, 1.807) is 18.2 Å².